The molecule has 0 bridgehead atoms. The minimum absolute atomic E-state index is 0.259. The van der Waals surface area contributed by atoms with Crippen LogP contribution < -0.4 is 5.32 Å². The molecule has 8 heteroatoms. The number of carboxylic acids is 2. The van der Waals surface area contributed by atoms with E-state index < -0.39 is 41.9 Å². The van der Waals surface area contributed by atoms with Gasteiger partial charge in [0.05, 0.1) is 0 Å². The Morgan fingerprint density at radius 2 is 1.80 bits per heavy atom. The SMILES string of the molecule is O=C(O)CC[C@@H](NC(=O)c1ccc(F)c(F)c1)C(=O)O. The summed E-state index contributed by atoms with van der Waals surface area (Å²) in [7, 11) is 0. The third-order valence-corrected chi connectivity index (χ3v) is 2.43. The number of amides is 1. The molecule has 0 aromatic heterocycles. The van der Waals surface area contributed by atoms with E-state index in [2.05, 4.69) is 0 Å². The van der Waals surface area contributed by atoms with Gasteiger partial charge in [0.25, 0.3) is 5.91 Å². The Morgan fingerprint density at radius 1 is 1.15 bits per heavy atom. The van der Waals surface area contributed by atoms with Crippen molar-refractivity contribution in [3.63, 3.8) is 0 Å². The van der Waals surface area contributed by atoms with Crippen molar-refractivity contribution in [3.05, 3.63) is 35.4 Å². The third kappa shape index (κ3) is 4.30. The summed E-state index contributed by atoms with van der Waals surface area (Å²) in [5.41, 5.74) is -0.259. The summed E-state index contributed by atoms with van der Waals surface area (Å²) in [6.07, 6.45) is -0.769. The minimum atomic E-state index is -1.42. The van der Waals surface area contributed by atoms with Gasteiger partial charge in [-0.2, -0.15) is 0 Å². The molecule has 0 spiro atoms. The highest BCUT2D eigenvalue weighted by atomic mass is 19.2. The second-order valence-corrected chi connectivity index (χ2v) is 3.93. The molecule has 0 fully saturated rings. The zero-order valence-corrected chi connectivity index (χ0v) is 10.1. The number of nitrogens with one attached hydrogen (secondary N) is 1. The van der Waals surface area contributed by atoms with Gasteiger partial charge in [0, 0.05) is 12.0 Å². The molecule has 0 aliphatic carbocycles. The molecular weight excluding hydrogens is 276 g/mol. The van der Waals surface area contributed by atoms with E-state index in [-0.39, 0.29) is 12.0 Å². The molecule has 0 aliphatic heterocycles. The maximum absolute atomic E-state index is 12.9. The van der Waals surface area contributed by atoms with Crippen molar-refractivity contribution >= 4 is 17.8 Å². The number of benzene rings is 1. The van der Waals surface area contributed by atoms with Crippen molar-refractivity contribution in [2.45, 2.75) is 18.9 Å². The summed E-state index contributed by atoms with van der Waals surface area (Å²) in [4.78, 5) is 32.9. The first kappa shape index (κ1) is 15.5. The third-order valence-electron chi connectivity index (χ3n) is 2.43. The molecule has 1 rings (SSSR count). The summed E-state index contributed by atoms with van der Waals surface area (Å²) >= 11 is 0. The lowest BCUT2D eigenvalue weighted by atomic mass is 10.1. The lowest BCUT2D eigenvalue weighted by molar-refractivity contribution is -0.140. The zero-order valence-electron chi connectivity index (χ0n) is 10.1. The van der Waals surface area contributed by atoms with Gasteiger partial charge in [-0.15, -0.1) is 0 Å². The fourth-order valence-corrected chi connectivity index (χ4v) is 1.40. The number of hydrogen-bond donors (Lipinski definition) is 3. The zero-order chi connectivity index (χ0) is 15.3. The molecule has 0 aliphatic rings. The first-order chi connectivity index (χ1) is 9.31. The van der Waals surface area contributed by atoms with Crippen LogP contribution in [0, 0.1) is 11.6 Å². The Hall–Kier alpha value is -2.51. The lowest BCUT2D eigenvalue weighted by Crippen LogP contribution is -2.41. The standard InChI is InChI=1S/C12H11F2NO5/c13-7-2-1-6(5-8(7)14)11(18)15-9(12(19)20)3-4-10(16)17/h1-2,5,9H,3-4H2,(H,15,18)(H,16,17)(H,19,20)/t9-/m1/s1. The van der Waals surface area contributed by atoms with E-state index in [1.54, 1.807) is 0 Å². The van der Waals surface area contributed by atoms with Crippen molar-refractivity contribution in [1.82, 2.24) is 5.32 Å². The predicted molar refractivity (Wildman–Crippen MR) is 62.1 cm³/mol. The highest BCUT2D eigenvalue weighted by molar-refractivity contribution is 5.96. The number of rotatable bonds is 6. The first-order valence-electron chi connectivity index (χ1n) is 5.51. The molecule has 0 unspecified atom stereocenters. The van der Waals surface area contributed by atoms with Gasteiger partial charge in [-0.3, -0.25) is 9.59 Å². The van der Waals surface area contributed by atoms with Crippen molar-refractivity contribution in [1.29, 1.82) is 0 Å². The van der Waals surface area contributed by atoms with Crippen LogP contribution in [0.25, 0.3) is 0 Å². The van der Waals surface area contributed by atoms with Gasteiger partial charge < -0.3 is 15.5 Å². The van der Waals surface area contributed by atoms with Crippen LogP contribution in [0.1, 0.15) is 23.2 Å². The van der Waals surface area contributed by atoms with Crippen LogP contribution >= 0.6 is 0 Å². The molecule has 0 saturated heterocycles. The Labute approximate surface area is 112 Å². The van der Waals surface area contributed by atoms with Crippen LogP contribution in [0.5, 0.6) is 0 Å². The largest absolute Gasteiger partial charge is 0.481 e. The van der Waals surface area contributed by atoms with E-state index in [0.717, 1.165) is 12.1 Å². The summed E-state index contributed by atoms with van der Waals surface area (Å²) < 4.78 is 25.6. The molecule has 0 heterocycles. The van der Waals surface area contributed by atoms with Gasteiger partial charge in [-0.05, 0) is 24.6 Å². The molecule has 0 radical (unpaired) electrons. The molecule has 1 amide bonds. The smallest absolute Gasteiger partial charge is 0.326 e. The van der Waals surface area contributed by atoms with E-state index in [1.807, 2.05) is 5.32 Å². The van der Waals surface area contributed by atoms with Crippen molar-refractivity contribution in [2.24, 2.45) is 0 Å². The summed E-state index contributed by atoms with van der Waals surface area (Å²) in [6.45, 7) is 0. The van der Waals surface area contributed by atoms with E-state index in [9.17, 15) is 23.2 Å². The monoisotopic (exact) mass is 287 g/mol. The van der Waals surface area contributed by atoms with Gasteiger partial charge in [0.2, 0.25) is 0 Å². The fourth-order valence-electron chi connectivity index (χ4n) is 1.40. The van der Waals surface area contributed by atoms with E-state index >= 15 is 0 Å². The number of hydrogen-bond acceptors (Lipinski definition) is 3. The average Bonchev–Trinajstić information content (AvgIpc) is 2.36. The van der Waals surface area contributed by atoms with Gasteiger partial charge in [0.1, 0.15) is 6.04 Å². The Morgan fingerprint density at radius 3 is 2.30 bits per heavy atom. The molecule has 108 valence electrons. The van der Waals surface area contributed by atoms with E-state index in [4.69, 9.17) is 10.2 Å². The van der Waals surface area contributed by atoms with Crippen LogP contribution in [-0.2, 0) is 9.59 Å². The van der Waals surface area contributed by atoms with E-state index in [1.165, 1.54) is 0 Å². The number of carbonyl (C=O) groups excluding carboxylic acids is 1. The van der Waals surface area contributed by atoms with E-state index in [0.29, 0.717) is 6.07 Å². The highest BCUT2D eigenvalue weighted by Crippen LogP contribution is 2.09. The Kier molecular flexibility index (Phi) is 5.13. The molecule has 20 heavy (non-hydrogen) atoms. The second-order valence-electron chi connectivity index (χ2n) is 3.93. The molecule has 1 aromatic rings. The van der Waals surface area contributed by atoms with Crippen LogP contribution in [0.2, 0.25) is 0 Å². The van der Waals surface area contributed by atoms with Gasteiger partial charge in [0.15, 0.2) is 11.6 Å². The summed E-state index contributed by atoms with van der Waals surface area (Å²) in [6, 6.07) is 0.925. The van der Waals surface area contributed by atoms with Crippen LogP contribution in [-0.4, -0.2) is 34.1 Å². The number of carboxylic acid groups (broad SMARTS) is 2. The van der Waals surface area contributed by atoms with Crippen LogP contribution in [0.3, 0.4) is 0 Å². The maximum Gasteiger partial charge on any atom is 0.326 e. The van der Waals surface area contributed by atoms with Gasteiger partial charge in [-0.1, -0.05) is 0 Å². The number of aliphatic carboxylic acids is 2. The quantitative estimate of drug-likeness (QED) is 0.724. The topological polar surface area (TPSA) is 104 Å². The maximum atomic E-state index is 12.9. The fraction of sp³-hybridized carbons (Fsp3) is 0.250. The second kappa shape index (κ2) is 6.60. The summed E-state index contributed by atoms with van der Waals surface area (Å²) in [5, 5.41) is 19.3. The Bertz CT molecular complexity index is 547. The molecule has 0 saturated carbocycles. The highest BCUT2D eigenvalue weighted by Gasteiger charge is 2.22. The predicted octanol–water partition coefficient (Wildman–Crippen LogP) is 1.01. The average molecular weight is 287 g/mol. The van der Waals surface area contributed by atoms with Gasteiger partial charge >= 0.3 is 11.9 Å². The van der Waals surface area contributed by atoms with Gasteiger partial charge in [-0.25, -0.2) is 13.6 Å². The Balaban J connectivity index is 2.77. The number of halogens is 2. The molecule has 1 aromatic carbocycles. The van der Waals surface area contributed by atoms with Crippen molar-refractivity contribution < 1.29 is 33.4 Å². The first-order valence-corrected chi connectivity index (χ1v) is 5.51. The van der Waals surface area contributed by atoms with Crippen molar-refractivity contribution in [3.8, 4) is 0 Å². The van der Waals surface area contributed by atoms with Crippen molar-refractivity contribution in [2.75, 3.05) is 0 Å². The lowest BCUT2D eigenvalue weighted by Gasteiger charge is -2.13. The normalized spacial score (nSPS) is 11.7. The molecular formula is C12H11F2NO5. The van der Waals surface area contributed by atoms with Crippen LogP contribution in [0.15, 0.2) is 18.2 Å². The molecule has 1 atom stereocenters. The van der Waals surface area contributed by atoms with Crippen LogP contribution in [0.4, 0.5) is 8.78 Å². The summed E-state index contributed by atoms with van der Waals surface area (Å²) in [5.74, 6) is -5.93. The molecule has 6 nitrogen and oxygen atoms in total. The molecule has 3 N–H and O–H groups in total. The number of carbonyl (C=O) groups is 3. The minimum Gasteiger partial charge on any atom is -0.481 e.